The zero-order valence-electron chi connectivity index (χ0n) is 18.0. The first-order valence-electron chi connectivity index (χ1n) is 11.4. The molecule has 1 aromatic carbocycles. The molecular weight excluding hydrogens is 374 g/mol. The van der Waals surface area contributed by atoms with Gasteiger partial charge in [0.25, 0.3) is 0 Å². The van der Waals surface area contributed by atoms with Crippen LogP contribution in [0.15, 0.2) is 12.1 Å². The summed E-state index contributed by atoms with van der Waals surface area (Å²) in [6.45, 7) is 4.65. The molecule has 0 unspecified atom stereocenters. The molecule has 1 aliphatic carbocycles. The Kier molecular flexibility index (Phi) is 10.4. The summed E-state index contributed by atoms with van der Waals surface area (Å²) in [6.07, 6.45) is 12.5. The van der Waals surface area contributed by atoms with Gasteiger partial charge in [0.05, 0.1) is 12.5 Å². The summed E-state index contributed by atoms with van der Waals surface area (Å²) in [5.74, 6) is -2.74. The van der Waals surface area contributed by atoms with Gasteiger partial charge in [0, 0.05) is 0 Å². The highest BCUT2D eigenvalue weighted by molar-refractivity contribution is 5.75. The van der Waals surface area contributed by atoms with Gasteiger partial charge in [-0.1, -0.05) is 58.8 Å². The van der Waals surface area contributed by atoms with E-state index in [2.05, 4.69) is 13.8 Å². The lowest BCUT2D eigenvalue weighted by Crippen LogP contribution is -2.26. The quantitative estimate of drug-likeness (QED) is 0.207. The predicted molar refractivity (Wildman–Crippen MR) is 111 cm³/mol. The van der Waals surface area contributed by atoms with Crippen LogP contribution in [0.2, 0.25) is 0 Å². The molecule has 0 spiro atoms. The number of hydrogen-bond donors (Lipinski definition) is 0. The summed E-state index contributed by atoms with van der Waals surface area (Å²) >= 11 is 0. The second-order valence-corrected chi connectivity index (χ2v) is 8.23. The molecule has 1 fully saturated rings. The number of esters is 1. The van der Waals surface area contributed by atoms with Crippen molar-refractivity contribution in [1.82, 2.24) is 0 Å². The Morgan fingerprint density at radius 2 is 1.52 bits per heavy atom. The first kappa shape index (κ1) is 23.6. The van der Waals surface area contributed by atoms with Crippen molar-refractivity contribution in [2.24, 2.45) is 11.8 Å². The van der Waals surface area contributed by atoms with Crippen molar-refractivity contribution in [3.05, 3.63) is 23.8 Å². The van der Waals surface area contributed by atoms with Crippen LogP contribution in [0.3, 0.4) is 0 Å². The average molecular weight is 411 g/mol. The van der Waals surface area contributed by atoms with Crippen LogP contribution in [-0.4, -0.2) is 12.6 Å². The highest BCUT2D eigenvalue weighted by Gasteiger charge is 2.28. The molecule has 164 valence electrons. The van der Waals surface area contributed by atoms with Crippen LogP contribution < -0.4 is 9.47 Å². The third-order valence-electron chi connectivity index (χ3n) is 5.87. The van der Waals surface area contributed by atoms with E-state index in [1.165, 1.54) is 37.8 Å². The van der Waals surface area contributed by atoms with E-state index in [0.717, 1.165) is 51.4 Å². The van der Waals surface area contributed by atoms with Gasteiger partial charge in [-0.05, 0) is 50.2 Å². The van der Waals surface area contributed by atoms with Crippen LogP contribution in [-0.2, 0) is 4.79 Å². The molecule has 0 aliphatic heterocycles. The molecule has 0 aromatic heterocycles. The van der Waals surface area contributed by atoms with E-state index in [9.17, 15) is 13.6 Å². The van der Waals surface area contributed by atoms with Crippen LogP contribution in [0.4, 0.5) is 8.78 Å². The molecular formula is C24H36F2O3. The highest BCUT2D eigenvalue weighted by atomic mass is 19.2. The monoisotopic (exact) mass is 410 g/mol. The van der Waals surface area contributed by atoms with Crippen molar-refractivity contribution in [3.8, 4) is 11.5 Å². The third-order valence-corrected chi connectivity index (χ3v) is 5.87. The number of carbonyl (C=O) groups is 1. The van der Waals surface area contributed by atoms with Gasteiger partial charge in [0.15, 0.2) is 11.5 Å². The molecule has 1 aliphatic rings. The Balaban J connectivity index is 1.82. The predicted octanol–water partition coefficient (Wildman–Crippen LogP) is 7.22. The van der Waals surface area contributed by atoms with Crippen molar-refractivity contribution >= 4 is 5.97 Å². The van der Waals surface area contributed by atoms with E-state index in [0.29, 0.717) is 12.5 Å². The first-order chi connectivity index (χ1) is 14.1. The fourth-order valence-corrected chi connectivity index (χ4v) is 3.98. The molecule has 0 N–H and O–H groups in total. The molecule has 1 aromatic rings. The fourth-order valence-electron chi connectivity index (χ4n) is 3.98. The topological polar surface area (TPSA) is 35.5 Å². The van der Waals surface area contributed by atoms with Gasteiger partial charge in [-0.2, -0.15) is 8.78 Å². The van der Waals surface area contributed by atoms with Crippen LogP contribution in [0.5, 0.6) is 11.5 Å². The van der Waals surface area contributed by atoms with E-state index in [1.807, 2.05) is 0 Å². The Morgan fingerprint density at radius 1 is 0.897 bits per heavy atom. The van der Waals surface area contributed by atoms with Crippen LogP contribution in [0, 0.1) is 23.5 Å². The van der Waals surface area contributed by atoms with Crippen LogP contribution >= 0.6 is 0 Å². The highest BCUT2D eigenvalue weighted by Crippen LogP contribution is 2.34. The maximum atomic E-state index is 14.3. The van der Waals surface area contributed by atoms with Crippen molar-refractivity contribution in [2.45, 2.75) is 90.9 Å². The molecule has 0 bridgehead atoms. The SMILES string of the molecule is CCCCCCOc1ccc(OC(=O)[C@H]2CC[C@H](CCCCC)CC2)c(F)c1F. The van der Waals surface area contributed by atoms with Gasteiger partial charge in [-0.15, -0.1) is 0 Å². The molecule has 2 rings (SSSR count). The van der Waals surface area contributed by atoms with Gasteiger partial charge in [-0.25, -0.2) is 0 Å². The van der Waals surface area contributed by atoms with E-state index >= 15 is 0 Å². The number of unbranched alkanes of at least 4 members (excludes halogenated alkanes) is 5. The number of ether oxygens (including phenoxy) is 2. The lowest BCUT2D eigenvalue weighted by molar-refractivity contribution is -0.140. The zero-order valence-corrected chi connectivity index (χ0v) is 18.0. The van der Waals surface area contributed by atoms with Crippen molar-refractivity contribution < 1.29 is 23.0 Å². The Bertz CT molecular complexity index is 625. The molecule has 0 amide bonds. The number of hydrogen-bond acceptors (Lipinski definition) is 3. The van der Waals surface area contributed by atoms with Gasteiger partial charge >= 0.3 is 5.97 Å². The maximum Gasteiger partial charge on any atom is 0.314 e. The summed E-state index contributed by atoms with van der Waals surface area (Å²) in [6, 6.07) is 2.62. The second-order valence-electron chi connectivity index (χ2n) is 8.23. The lowest BCUT2D eigenvalue weighted by Gasteiger charge is -2.27. The zero-order chi connectivity index (χ0) is 21.1. The average Bonchev–Trinajstić information content (AvgIpc) is 2.73. The molecule has 29 heavy (non-hydrogen) atoms. The number of benzene rings is 1. The summed E-state index contributed by atoms with van der Waals surface area (Å²) in [7, 11) is 0. The van der Waals surface area contributed by atoms with E-state index in [4.69, 9.17) is 9.47 Å². The van der Waals surface area contributed by atoms with Gasteiger partial charge in [0.2, 0.25) is 11.6 Å². The normalized spacial score (nSPS) is 19.2. The summed E-state index contributed by atoms with van der Waals surface area (Å²) in [4.78, 5) is 12.4. The van der Waals surface area contributed by atoms with E-state index in [-0.39, 0.29) is 17.4 Å². The standard InChI is InChI=1S/C24H36F2O3/c1-3-5-7-9-17-28-20-15-16-21(23(26)22(20)25)29-24(27)19-13-11-18(12-14-19)10-8-6-4-2/h15-16,18-19H,3-14,17H2,1-2H3/t18-,19-. The molecule has 0 saturated heterocycles. The Hall–Kier alpha value is -1.65. The van der Waals surface area contributed by atoms with Crippen LogP contribution in [0.1, 0.15) is 90.9 Å². The summed E-state index contributed by atoms with van der Waals surface area (Å²) in [5.41, 5.74) is 0. The number of rotatable bonds is 12. The smallest absolute Gasteiger partial charge is 0.314 e. The van der Waals surface area contributed by atoms with Gasteiger partial charge in [0.1, 0.15) is 0 Å². The maximum absolute atomic E-state index is 14.3. The Morgan fingerprint density at radius 3 is 2.21 bits per heavy atom. The van der Waals surface area contributed by atoms with Crippen molar-refractivity contribution in [2.75, 3.05) is 6.61 Å². The number of carbonyl (C=O) groups excluding carboxylic acids is 1. The largest absolute Gasteiger partial charge is 0.490 e. The van der Waals surface area contributed by atoms with Gasteiger partial charge < -0.3 is 9.47 Å². The van der Waals surface area contributed by atoms with E-state index < -0.39 is 17.6 Å². The molecule has 3 nitrogen and oxygen atoms in total. The minimum Gasteiger partial charge on any atom is -0.490 e. The minimum absolute atomic E-state index is 0.133. The van der Waals surface area contributed by atoms with Crippen molar-refractivity contribution in [3.63, 3.8) is 0 Å². The minimum atomic E-state index is -1.15. The molecule has 0 heterocycles. The van der Waals surface area contributed by atoms with Crippen LogP contribution in [0.25, 0.3) is 0 Å². The third kappa shape index (κ3) is 7.60. The Labute approximate surface area is 174 Å². The summed E-state index contributed by atoms with van der Waals surface area (Å²) in [5, 5.41) is 0. The molecule has 0 radical (unpaired) electrons. The molecule has 5 heteroatoms. The molecule has 0 atom stereocenters. The first-order valence-corrected chi connectivity index (χ1v) is 11.4. The fraction of sp³-hybridized carbons (Fsp3) is 0.708. The van der Waals surface area contributed by atoms with E-state index in [1.54, 1.807) is 0 Å². The van der Waals surface area contributed by atoms with Gasteiger partial charge in [-0.3, -0.25) is 4.79 Å². The second kappa shape index (κ2) is 12.8. The summed E-state index contributed by atoms with van der Waals surface area (Å²) < 4.78 is 39.1. The van der Waals surface area contributed by atoms with Crippen molar-refractivity contribution in [1.29, 1.82) is 0 Å². The number of halogens is 2. The molecule has 1 saturated carbocycles. The lowest BCUT2D eigenvalue weighted by atomic mass is 9.80.